The van der Waals surface area contributed by atoms with Gasteiger partial charge in [-0.1, -0.05) is 69.3 Å². The van der Waals surface area contributed by atoms with Crippen molar-refractivity contribution in [1.29, 1.82) is 0 Å². The van der Waals surface area contributed by atoms with Crippen LogP contribution in [-0.4, -0.2) is 6.54 Å². The van der Waals surface area contributed by atoms with Gasteiger partial charge in [0.25, 0.3) is 0 Å². The zero-order valence-corrected chi connectivity index (χ0v) is 13.5. The summed E-state index contributed by atoms with van der Waals surface area (Å²) in [6.07, 6.45) is 3.32. The SMILES string of the molecule is CCCNC(c1ccccc1)c1cc(CC)ccc1CC. The van der Waals surface area contributed by atoms with Crippen LogP contribution in [0.2, 0.25) is 0 Å². The molecule has 1 N–H and O–H groups in total. The van der Waals surface area contributed by atoms with Gasteiger partial charge in [-0.2, -0.15) is 0 Å². The Hall–Kier alpha value is -1.60. The van der Waals surface area contributed by atoms with Crippen molar-refractivity contribution in [2.24, 2.45) is 0 Å². The van der Waals surface area contributed by atoms with Crippen molar-refractivity contribution in [3.05, 3.63) is 70.8 Å². The molecule has 0 aliphatic heterocycles. The fraction of sp³-hybridized carbons (Fsp3) is 0.400. The zero-order chi connectivity index (χ0) is 15.1. The lowest BCUT2D eigenvalue weighted by Crippen LogP contribution is -2.24. The summed E-state index contributed by atoms with van der Waals surface area (Å²) in [7, 11) is 0. The normalized spacial score (nSPS) is 12.3. The van der Waals surface area contributed by atoms with Crippen molar-refractivity contribution in [3.63, 3.8) is 0 Å². The van der Waals surface area contributed by atoms with Crippen LogP contribution in [0.4, 0.5) is 0 Å². The van der Waals surface area contributed by atoms with Crippen molar-refractivity contribution in [1.82, 2.24) is 5.32 Å². The van der Waals surface area contributed by atoms with E-state index in [9.17, 15) is 0 Å². The first-order chi connectivity index (χ1) is 10.3. The van der Waals surface area contributed by atoms with E-state index in [1.54, 1.807) is 0 Å². The Labute approximate surface area is 129 Å². The number of nitrogens with one attached hydrogen (secondary N) is 1. The lowest BCUT2D eigenvalue weighted by Gasteiger charge is -2.23. The highest BCUT2D eigenvalue weighted by Crippen LogP contribution is 2.27. The summed E-state index contributed by atoms with van der Waals surface area (Å²) < 4.78 is 0. The molecule has 0 amide bonds. The van der Waals surface area contributed by atoms with E-state index in [2.05, 4.69) is 74.6 Å². The van der Waals surface area contributed by atoms with Gasteiger partial charge in [-0.3, -0.25) is 0 Å². The Morgan fingerprint density at radius 2 is 1.67 bits per heavy atom. The largest absolute Gasteiger partial charge is 0.306 e. The van der Waals surface area contributed by atoms with Gasteiger partial charge in [-0.25, -0.2) is 0 Å². The van der Waals surface area contributed by atoms with Crippen LogP contribution >= 0.6 is 0 Å². The average molecular weight is 281 g/mol. The second-order valence-corrected chi connectivity index (χ2v) is 5.54. The third-order valence-electron chi connectivity index (χ3n) is 4.04. The van der Waals surface area contributed by atoms with Gasteiger partial charge < -0.3 is 5.32 Å². The third-order valence-corrected chi connectivity index (χ3v) is 4.04. The molecule has 2 aromatic rings. The number of benzene rings is 2. The van der Waals surface area contributed by atoms with Crippen LogP contribution in [0.5, 0.6) is 0 Å². The van der Waals surface area contributed by atoms with E-state index < -0.39 is 0 Å². The second kappa shape index (κ2) is 7.99. The molecule has 0 spiro atoms. The van der Waals surface area contributed by atoms with Crippen LogP contribution in [-0.2, 0) is 12.8 Å². The maximum absolute atomic E-state index is 3.73. The maximum atomic E-state index is 3.73. The Bertz CT molecular complexity index is 545. The first kappa shape index (κ1) is 15.8. The summed E-state index contributed by atoms with van der Waals surface area (Å²) in [5.41, 5.74) is 5.66. The highest BCUT2D eigenvalue weighted by atomic mass is 14.9. The molecule has 1 unspecified atom stereocenters. The summed E-state index contributed by atoms with van der Waals surface area (Å²) in [5, 5.41) is 3.73. The molecule has 1 nitrogen and oxygen atoms in total. The fourth-order valence-electron chi connectivity index (χ4n) is 2.80. The van der Waals surface area contributed by atoms with E-state index in [0.717, 1.165) is 25.8 Å². The van der Waals surface area contributed by atoms with E-state index in [4.69, 9.17) is 0 Å². The molecule has 1 heteroatoms. The van der Waals surface area contributed by atoms with Crippen LogP contribution in [0.1, 0.15) is 55.5 Å². The van der Waals surface area contributed by atoms with E-state index in [-0.39, 0.29) is 0 Å². The molecule has 0 radical (unpaired) electrons. The predicted molar refractivity (Wildman–Crippen MR) is 91.8 cm³/mol. The molecule has 0 heterocycles. The molecule has 1 atom stereocenters. The van der Waals surface area contributed by atoms with Crippen LogP contribution < -0.4 is 5.32 Å². The minimum Gasteiger partial charge on any atom is -0.306 e. The predicted octanol–water partition coefficient (Wildman–Crippen LogP) is 4.90. The minimum absolute atomic E-state index is 0.299. The number of rotatable bonds is 7. The van der Waals surface area contributed by atoms with Gasteiger partial charge in [0.2, 0.25) is 0 Å². The molecule has 0 aliphatic rings. The van der Waals surface area contributed by atoms with Gasteiger partial charge in [-0.15, -0.1) is 0 Å². The molecule has 2 rings (SSSR count). The smallest absolute Gasteiger partial charge is 0.0579 e. The lowest BCUT2D eigenvalue weighted by atomic mass is 9.91. The first-order valence-corrected chi connectivity index (χ1v) is 8.20. The van der Waals surface area contributed by atoms with Gasteiger partial charge in [0.05, 0.1) is 6.04 Å². The molecular weight excluding hydrogens is 254 g/mol. The van der Waals surface area contributed by atoms with Crippen LogP contribution in [0.15, 0.2) is 48.5 Å². The van der Waals surface area contributed by atoms with Crippen LogP contribution in [0, 0.1) is 0 Å². The van der Waals surface area contributed by atoms with Gasteiger partial charge in [-0.05, 0) is 48.1 Å². The molecule has 112 valence electrons. The van der Waals surface area contributed by atoms with Crippen molar-refractivity contribution in [2.45, 2.75) is 46.1 Å². The quantitative estimate of drug-likeness (QED) is 0.761. The molecule has 0 aromatic heterocycles. The van der Waals surface area contributed by atoms with Crippen molar-refractivity contribution >= 4 is 0 Å². The van der Waals surface area contributed by atoms with E-state index in [1.807, 2.05) is 0 Å². The number of hydrogen-bond donors (Lipinski definition) is 1. The van der Waals surface area contributed by atoms with E-state index >= 15 is 0 Å². The van der Waals surface area contributed by atoms with Crippen LogP contribution in [0.25, 0.3) is 0 Å². The Balaban J connectivity index is 2.44. The molecule has 0 aliphatic carbocycles. The average Bonchev–Trinajstić information content (AvgIpc) is 2.56. The fourth-order valence-corrected chi connectivity index (χ4v) is 2.80. The monoisotopic (exact) mass is 281 g/mol. The summed E-state index contributed by atoms with van der Waals surface area (Å²) >= 11 is 0. The Morgan fingerprint density at radius 1 is 0.905 bits per heavy atom. The van der Waals surface area contributed by atoms with Crippen molar-refractivity contribution in [3.8, 4) is 0 Å². The number of hydrogen-bond acceptors (Lipinski definition) is 1. The van der Waals surface area contributed by atoms with Gasteiger partial charge in [0.15, 0.2) is 0 Å². The molecule has 21 heavy (non-hydrogen) atoms. The van der Waals surface area contributed by atoms with Crippen LogP contribution in [0.3, 0.4) is 0 Å². The zero-order valence-electron chi connectivity index (χ0n) is 13.5. The summed E-state index contributed by atoms with van der Waals surface area (Å²) in [5.74, 6) is 0. The topological polar surface area (TPSA) is 12.0 Å². The summed E-state index contributed by atoms with van der Waals surface area (Å²) in [4.78, 5) is 0. The first-order valence-electron chi connectivity index (χ1n) is 8.20. The van der Waals surface area contributed by atoms with Gasteiger partial charge in [0.1, 0.15) is 0 Å². The van der Waals surface area contributed by atoms with Crippen molar-refractivity contribution < 1.29 is 0 Å². The van der Waals surface area contributed by atoms with E-state index in [0.29, 0.717) is 6.04 Å². The summed E-state index contributed by atoms with van der Waals surface area (Å²) in [6.45, 7) is 7.73. The second-order valence-electron chi connectivity index (χ2n) is 5.54. The third kappa shape index (κ3) is 3.95. The standard InChI is InChI=1S/C20H27N/c1-4-14-21-20(18-10-8-7-9-11-18)19-15-16(5-2)12-13-17(19)6-3/h7-13,15,20-21H,4-6,14H2,1-3H3. The van der Waals surface area contributed by atoms with Gasteiger partial charge >= 0.3 is 0 Å². The maximum Gasteiger partial charge on any atom is 0.0579 e. The molecular formula is C20H27N. The molecule has 0 fully saturated rings. The molecule has 2 aromatic carbocycles. The minimum atomic E-state index is 0.299. The molecule has 0 saturated carbocycles. The lowest BCUT2D eigenvalue weighted by molar-refractivity contribution is 0.594. The number of aryl methyl sites for hydroxylation is 2. The van der Waals surface area contributed by atoms with E-state index in [1.165, 1.54) is 22.3 Å². The Kier molecular flexibility index (Phi) is 6.01. The summed E-state index contributed by atoms with van der Waals surface area (Å²) in [6, 6.07) is 18.1. The highest BCUT2D eigenvalue weighted by molar-refractivity contribution is 5.40. The molecule has 0 bridgehead atoms. The van der Waals surface area contributed by atoms with Crippen molar-refractivity contribution in [2.75, 3.05) is 6.54 Å². The highest BCUT2D eigenvalue weighted by Gasteiger charge is 2.16. The molecule has 0 saturated heterocycles. The van der Waals surface area contributed by atoms with Gasteiger partial charge in [0, 0.05) is 0 Å². The Morgan fingerprint density at radius 3 is 2.29 bits per heavy atom.